The third kappa shape index (κ3) is 6.39. The van der Waals surface area contributed by atoms with Gasteiger partial charge in [-0.2, -0.15) is 0 Å². The van der Waals surface area contributed by atoms with Crippen molar-refractivity contribution < 1.29 is 23.5 Å². The molecule has 38 heavy (non-hydrogen) atoms. The fourth-order valence-electron chi connectivity index (χ4n) is 4.70. The number of methoxy groups -OCH3 is 1. The van der Waals surface area contributed by atoms with E-state index in [1.807, 2.05) is 24.3 Å². The number of nitrogens with zero attached hydrogens (tertiary/aromatic N) is 3. The number of hydrogen-bond acceptors (Lipinski definition) is 5. The van der Waals surface area contributed by atoms with Gasteiger partial charge in [0.25, 0.3) is 0 Å². The number of amides is 2. The molecule has 0 aliphatic carbocycles. The number of nitrogens with two attached hydrogens (primary N) is 1. The van der Waals surface area contributed by atoms with Gasteiger partial charge >= 0.3 is 0 Å². The van der Waals surface area contributed by atoms with Gasteiger partial charge in [0.05, 0.1) is 32.2 Å². The quantitative estimate of drug-likeness (QED) is 0.345. The highest BCUT2D eigenvalue weighted by molar-refractivity contribution is 5.82. The van der Waals surface area contributed by atoms with Crippen molar-refractivity contribution >= 4 is 11.8 Å². The molecule has 4 rings (SSSR count). The summed E-state index contributed by atoms with van der Waals surface area (Å²) in [6.45, 7) is 3.42. The second kappa shape index (κ2) is 12.2. The van der Waals surface area contributed by atoms with Crippen molar-refractivity contribution in [1.82, 2.24) is 14.5 Å². The Bertz CT molecular complexity index is 1220. The molecular formula is C29H35FN4O4. The summed E-state index contributed by atoms with van der Waals surface area (Å²) >= 11 is 0. The SMILES string of the molecule is CCCCOC1(c2ccc(F)cc2)CN(C(=O)[C@@H](Cc2ccc(OC)cc2)n2cnc(CCC(N)=O)c2)C1. The van der Waals surface area contributed by atoms with E-state index in [9.17, 15) is 14.0 Å². The Morgan fingerprint density at radius 3 is 2.47 bits per heavy atom. The standard InChI is InChI=1S/C29H35FN4O4/c1-3-4-15-38-29(22-7-9-23(30)10-8-22)18-34(19-29)28(36)26(16-21-5-12-25(37-2)13-6-21)33-17-24(32-20-33)11-14-27(31)35/h5-10,12-13,17,20,26H,3-4,11,14-16,18-19H2,1-2H3,(H2,31,35)/t26-/m1/s1. The molecule has 2 amide bonds. The Morgan fingerprint density at radius 1 is 1.13 bits per heavy atom. The van der Waals surface area contributed by atoms with Gasteiger partial charge in [-0.25, -0.2) is 9.37 Å². The predicted molar refractivity (Wildman–Crippen MR) is 141 cm³/mol. The third-order valence-electron chi connectivity index (χ3n) is 6.97. The van der Waals surface area contributed by atoms with Gasteiger partial charge < -0.3 is 24.7 Å². The zero-order valence-corrected chi connectivity index (χ0v) is 21.9. The first-order chi connectivity index (χ1) is 18.3. The summed E-state index contributed by atoms with van der Waals surface area (Å²) < 4.78 is 27.0. The van der Waals surface area contributed by atoms with E-state index in [-0.39, 0.29) is 18.1 Å². The second-order valence-electron chi connectivity index (χ2n) is 9.74. The minimum absolute atomic E-state index is 0.0588. The number of unbranched alkanes of at least 4 members (excludes halogenated alkanes) is 1. The summed E-state index contributed by atoms with van der Waals surface area (Å²) in [6.07, 6.45) is 6.38. The van der Waals surface area contributed by atoms with Crippen molar-refractivity contribution in [3.63, 3.8) is 0 Å². The second-order valence-corrected chi connectivity index (χ2v) is 9.74. The molecule has 0 radical (unpaired) electrons. The topological polar surface area (TPSA) is 99.7 Å². The van der Waals surface area contributed by atoms with E-state index in [4.69, 9.17) is 15.2 Å². The van der Waals surface area contributed by atoms with Crippen LogP contribution in [0.15, 0.2) is 61.1 Å². The minimum atomic E-state index is -0.662. The molecule has 9 heteroatoms. The van der Waals surface area contributed by atoms with Gasteiger partial charge in [-0.15, -0.1) is 0 Å². The maximum absolute atomic E-state index is 13.9. The van der Waals surface area contributed by atoms with Crippen LogP contribution in [0.1, 0.15) is 49.0 Å². The number of aryl methyl sites for hydroxylation is 1. The number of carbonyl (C=O) groups is 2. The van der Waals surface area contributed by atoms with Gasteiger partial charge in [-0.3, -0.25) is 9.59 Å². The van der Waals surface area contributed by atoms with E-state index in [0.29, 0.717) is 38.2 Å². The zero-order valence-electron chi connectivity index (χ0n) is 21.9. The van der Waals surface area contributed by atoms with Crippen LogP contribution < -0.4 is 10.5 Å². The van der Waals surface area contributed by atoms with Crippen LogP contribution in [0.5, 0.6) is 5.75 Å². The monoisotopic (exact) mass is 522 g/mol. The normalized spacial score (nSPS) is 15.1. The molecule has 0 spiro atoms. The molecule has 1 saturated heterocycles. The number of rotatable bonds is 13. The highest BCUT2D eigenvalue weighted by atomic mass is 19.1. The maximum atomic E-state index is 13.9. The first-order valence-corrected chi connectivity index (χ1v) is 13.0. The number of imidazole rings is 1. The van der Waals surface area contributed by atoms with Crippen LogP contribution in [0.4, 0.5) is 4.39 Å². The van der Waals surface area contributed by atoms with Crippen LogP contribution in [0, 0.1) is 5.82 Å². The Morgan fingerprint density at radius 2 is 1.84 bits per heavy atom. The van der Waals surface area contributed by atoms with E-state index in [2.05, 4.69) is 11.9 Å². The first kappa shape index (κ1) is 27.3. The highest BCUT2D eigenvalue weighted by Crippen LogP contribution is 2.38. The van der Waals surface area contributed by atoms with Gasteiger partial charge in [0.1, 0.15) is 23.2 Å². The number of ether oxygens (including phenoxy) is 2. The minimum Gasteiger partial charge on any atom is -0.497 e. The van der Waals surface area contributed by atoms with Crippen LogP contribution in [0.2, 0.25) is 0 Å². The average Bonchev–Trinajstić information content (AvgIpc) is 3.37. The van der Waals surface area contributed by atoms with E-state index < -0.39 is 17.6 Å². The van der Waals surface area contributed by atoms with E-state index in [0.717, 1.165) is 29.7 Å². The van der Waals surface area contributed by atoms with E-state index in [1.165, 1.54) is 12.1 Å². The molecule has 0 bridgehead atoms. The molecular weight excluding hydrogens is 487 g/mol. The summed E-state index contributed by atoms with van der Waals surface area (Å²) in [4.78, 5) is 31.3. The van der Waals surface area contributed by atoms with Crippen molar-refractivity contribution in [2.45, 2.75) is 50.7 Å². The smallest absolute Gasteiger partial charge is 0.246 e. The first-order valence-electron chi connectivity index (χ1n) is 13.0. The Kier molecular flexibility index (Phi) is 8.78. The number of hydrogen-bond donors (Lipinski definition) is 1. The van der Waals surface area contributed by atoms with Crippen molar-refractivity contribution in [3.05, 3.63) is 83.7 Å². The molecule has 3 aromatic rings. The molecule has 2 heterocycles. The lowest BCUT2D eigenvalue weighted by Gasteiger charge is -2.51. The molecule has 1 atom stereocenters. The number of carbonyl (C=O) groups excluding carboxylic acids is 2. The number of halogens is 1. The summed E-state index contributed by atoms with van der Waals surface area (Å²) in [5.74, 6) is -0.0248. The fourth-order valence-corrected chi connectivity index (χ4v) is 4.70. The van der Waals surface area contributed by atoms with Gasteiger partial charge in [0, 0.05) is 25.6 Å². The van der Waals surface area contributed by atoms with Crippen LogP contribution in [-0.2, 0) is 32.8 Å². The van der Waals surface area contributed by atoms with Gasteiger partial charge in [-0.1, -0.05) is 37.6 Å². The van der Waals surface area contributed by atoms with Crippen LogP contribution in [0.25, 0.3) is 0 Å². The van der Waals surface area contributed by atoms with Crippen molar-refractivity contribution in [3.8, 4) is 5.75 Å². The van der Waals surface area contributed by atoms with Gasteiger partial charge in [-0.05, 0) is 48.2 Å². The van der Waals surface area contributed by atoms with Crippen LogP contribution in [-0.4, -0.2) is 53.1 Å². The number of aromatic nitrogens is 2. The van der Waals surface area contributed by atoms with Gasteiger partial charge in [0.2, 0.25) is 11.8 Å². The van der Waals surface area contributed by atoms with Crippen LogP contribution in [0.3, 0.4) is 0 Å². The van der Waals surface area contributed by atoms with Crippen LogP contribution >= 0.6 is 0 Å². The number of benzene rings is 2. The largest absolute Gasteiger partial charge is 0.497 e. The molecule has 2 N–H and O–H groups in total. The van der Waals surface area contributed by atoms with Gasteiger partial charge in [0.15, 0.2) is 0 Å². The number of primary amides is 1. The lowest BCUT2D eigenvalue weighted by atomic mass is 9.84. The molecule has 0 saturated carbocycles. The third-order valence-corrected chi connectivity index (χ3v) is 6.97. The summed E-state index contributed by atoms with van der Waals surface area (Å²) in [5.41, 5.74) is 7.17. The Balaban J connectivity index is 1.56. The predicted octanol–water partition coefficient (Wildman–Crippen LogP) is 3.79. The van der Waals surface area contributed by atoms with Crippen molar-refractivity contribution in [1.29, 1.82) is 0 Å². The zero-order chi connectivity index (χ0) is 27.1. The van der Waals surface area contributed by atoms with E-state index >= 15 is 0 Å². The molecule has 202 valence electrons. The summed E-state index contributed by atoms with van der Waals surface area (Å²) in [5, 5.41) is 0. The molecule has 1 aliphatic rings. The van der Waals surface area contributed by atoms with Crippen molar-refractivity contribution in [2.75, 3.05) is 26.8 Å². The lowest BCUT2D eigenvalue weighted by Crippen LogP contribution is -2.63. The molecule has 1 aliphatic heterocycles. The molecule has 8 nitrogen and oxygen atoms in total. The van der Waals surface area contributed by atoms with Crippen molar-refractivity contribution in [2.24, 2.45) is 5.73 Å². The average molecular weight is 523 g/mol. The Labute approximate surface area is 222 Å². The molecule has 1 fully saturated rings. The Hall–Kier alpha value is -3.72. The highest BCUT2D eigenvalue weighted by Gasteiger charge is 2.49. The molecule has 0 unspecified atom stereocenters. The molecule has 1 aromatic heterocycles. The lowest BCUT2D eigenvalue weighted by molar-refractivity contribution is -0.176. The van der Waals surface area contributed by atoms with E-state index in [1.54, 1.807) is 41.2 Å². The summed E-state index contributed by atoms with van der Waals surface area (Å²) in [7, 11) is 1.61. The fraction of sp³-hybridized carbons (Fsp3) is 0.414. The number of likely N-dealkylation sites (tertiary alicyclic amines) is 1. The maximum Gasteiger partial charge on any atom is 0.246 e. The summed E-state index contributed by atoms with van der Waals surface area (Å²) in [6, 6.07) is 13.4. The molecule has 2 aromatic carbocycles.